The van der Waals surface area contributed by atoms with Crippen LogP contribution in [-0.2, 0) is 7.05 Å². The van der Waals surface area contributed by atoms with E-state index in [1.54, 1.807) is 27.7 Å². The number of fused-ring (bicyclic) bond motifs is 2. The Morgan fingerprint density at radius 2 is 1.78 bits per heavy atom. The zero-order valence-electron chi connectivity index (χ0n) is 22.4. The number of nitrogens with one attached hydrogen (secondary N) is 1. The number of aromatic nitrogens is 5. The van der Waals surface area contributed by atoms with Crippen LogP contribution >= 0.6 is 0 Å². The first-order valence-electron chi connectivity index (χ1n) is 13.0. The number of hydrogen-bond donors (Lipinski definition) is 2. The standard InChI is InChI=1S/C32H25N7O2/c1-20(36-31(40)28-29-23(10-7-16-34-29)19-35-30(28)33)26-18-22-9-6-8-21(13-14-24-15-17-38(2)37-24)27(22)32(41)39(26)25-11-4-3-5-12-25/h3-12,15-20H,1-2H3,(H2,33,35)(H,36,40). The molecule has 0 bridgehead atoms. The van der Waals surface area contributed by atoms with Gasteiger partial charge in [0.15, 0.2) is 0 Å². The van der Waals surface area contributed by atoms with Crippen molar-refractivity contribution < 1.29 is 4.79 Å². The van der Waals surface area contributed by atoms with E-state index in [9.17, 15) is 9.59 Å². The zero-order chi connectivity index (χ0) is 28.5. The maximum Gasteiger partial charge on any atom is 0.264 e. The molecule has 2 aromatic carbocycles. The third kappa shape index (κ3) is 4.79. The number of aryl methyl sites for hydroxylation is 1. The molecule has 1 unspecified atom stereocenters. The second kappa shape index (κ2) is 10.4. The fourth-order valence-corrected chi connectivity index (χ4v) is 4.88. The lowest BCUT2D eigenvalue weighted by molar-refractivity contribution is 0.0941. The van der Waals surface area contributed by atoms with Gasteiger partial charge in [-0.15, -0.1) is 0 Å². The van der Waals surface area contributed by atoms with E-state index in [2.05, 4.69) is 32.2 Å². The Hall–Kier alpha value is -5.75. The molecule has 9 heteroatoms. The predicted octanol–water partition coefficient (Wildman–Crippen LogP) is 4.14. The maximum absolute atomic E-state index is 14.2. The zero-order valence-corrected chi connectivity index (χ0v) is 22.4. The predicted molar refractivity (Wildman–Crippen MR) is 159 cm³/mol. The van der Waals surface area contributed by atoms with E-state index in [0.29, 0.717) is 44.3 Å². The van der Waals surface area contributed by atoms with Crippen LogP contribution in [0.25, 0.3) is 27.4 Å². The molecule has 6 aromatic rings. The van der Waals surface area contributed by atoms with Crippen LogP contribution in [0.5, 0.6) is 0 Å². The van der Waals surface area contributed by atoms with Crippen LogP contribution in [-0.4, -0.2) is 30.2 Å². The minimum Gasteiger partial charge on any atom is -0.383 e. The smallest absolute Gasteiger partial charge is 0.264 e. The van der Waals surface area contributed by atoms with Crippen molar-refractivity contribution in [3.63, 3.8) is 0 Å². The molecule has 0 aliphatic rings. The molecule has 0 aliphatic heterocycles. The molecule has 9 nitrogen and oxygen atoms in total. The van der Waals surface area contributed by atoms with Gasteiger partial charge < -0.3 is 11.1 Å². The molecule has 1 atom stereocenters. The number of benzene rings is 2. The molecule has 0 aliphatic carbocycles. The number of nitrogen functional groups attached to an aromatic ring is 1. The van der Waals surface area contributed by atoms with Crippen LogP contribution in [0.15, 0.2) is 96.2 Å². The molecule has 0 saturated heterocycles. The molecule has 1 amide bonds. The number of hydrogen-bond acceptors (Lipinski definition) is 6. The Kier molecular flexibility index (Phi) is 6.49. The van der Waals surface area contributed by atoms with Crippen molar-refractivity contribution in [3.05, 3.63) is 124 Å². The van der Waals surface area contributed by atoms with E-state index in [1.165, 1.54) is 0 Å². The second-order valence-corrected chi connectivity index (χ2v) is 9.59. The highest BCUT2D eigenvalue weighted by atomic mass is 16.2. The third-order valence-electron chi connectivity index (χ3n) is 6.82. The van der Waals surface area contributed by atoms with Crippen molar-refractivity contribution in [3.8, 4) is 17.5 Å². The first kappa shape index (κ1) is 25.5. The van der Waals surface area contributed by atoms with Gasteiger partial charge in [-0.25, -0.2) is 4.98 Å². The van der Waals surface area contributed by atoms with Crippen molar-refractivity contribution in [2.45, 2.75) is 13.0 Å². The van der Waals surface area contributed by atoms with E-state index in [4.69, 9.17) is 5.73 Å². The molecular formula is C32H25N7O2. The maximum atomic E-state index is 14.2. The molecule has 4 heterocycles. The van der Waals surface area contributed by atoms with Crippen LogP contribution in [0, 0.1) is 11.8 Å². The van der Waals surface area contributed by atoms with Crippen molar-refractivity contribution in [1.82, 2.24) is 29.6 Å². The van der Waals surface area contributed by atoms with Crippen molar-refractivity contribution in [2.24, 2.45) is 7.05 Å². The highest BCUT2D eigenvalue weighted by Crippen LogP contribution is 2.25. The fraction of sp³-hybridized carbons (Fsp3) is 0.0938. The summed E-state index contributed by atoms with van der Waals surface area (Å²) in [6, 6.07) is 21.6. The Balaban J connectivity index is 1.48. The largest absolute Gasteiger partial charge is 0.383 e. The summed E-state index contributed by atoms with van der Waals surface area (Å²) in [7, 11) is 1.82. The minimum atomic E-state index is -0.582. The van der Waals surface area contributed by atoms with E-state index < -0.39 is 11.9 Å². The highest BCUT2D eigenvalue weighted by Gasteiger charge is 2.22. The van der Waals surface area contributed by atoms with Crippen LogP contribution in [0.4, 0.5) is 5.82 Å². The molecule has 0 saturated carbocycles. The van der Waals surface area contributed by atoms with Gasteiger partial charge in [0.05, 0.1) is 16.9 Å². The lowest BCUT2D eigenvalue weighted by Gasteiger charge is -2.21. The Labute approximate surface area is 235 Å². The lowest BCUT2D eigenvalue weighted by Crippen LogP contribution is -2.33. The number of para-hydroxylation sites is 1. The van der Waals surface area contributed by atoms with Gasteiger partial charge in [-0.1, -0.05) is 36.3 Å². The number of rotatable bonds is 4. The average molecular weight is 540 g/mol. The van der Waals surface area contributed by atoms with E-state index >= 15 is 0 Å². The van der Waals surface area contributed by atoms with Crippen LogP contribution < -0.4 is 16.6 Å². The monoisotopic (exact) mass is 539 g/mol. The molecule has 0 fully saturated rings. The van der Waals surface area contributed by atoms with Crippen LogP contribution in [0.3, 0.4) is 0 Å². The van der Waals surface area contributed by atoms with Gasteiger partial charge in [-0.3, -0.25) is 23.8 Å². The van der Waals surface area contributed by atoms with Crippen LogP contribution in [0.2, 0.25) is 0 Å². The van der Waals surface area contributed by atoms with Gasteiger partial charge in [0.25, 0.3) is 11.5 Å². The van der Waals surface area contributed by atoms with Gasteiger partial charge >= 0.3 is 0 Å². The van der Waals surface area contributed by atoms with Crippen LogP contribution in [0.1, 0.15) is 40.3 Å². The normalized spacial score (nSPS) is 11.7. The molecule has 41 heavy (non-hydrogen) atoms. The first-order chi connectivity index (χ1) is 19.9. The number of carbonyl (C=O) groups is 1. The summed E-state index contributed by atoms with van der Waals surface area (Å²) < 4.78 is 3.29. The Morgan fingerprint density at radius 3 is 2.56 bits per heavy atom. The summed E-state index contributed by atoms with van der Waals surface area (Å²) in [5.41, 5.74) is 8.98. The summed E-state index contributed by atoms with van der Waals surface area (Å²) in [6.07, 6.45) is 5.00. The molecule has 6 rings (SSSR count). The van der Waals surface area contributed by atoms with E-state index in [0.717, 1.165) is 0 Å². The summed E-state index contributed by atoms with van der Waals surface area (Å²) in [5, 5.41) is 9.21. The number of amides is 1. The van der Waals surface area contributed by atoms with E-state index in [1.807, 2.05) is 86.9 Å². The van der Waals surface area contributed by atoms with E-state index in [-0.39, 0.29) is 16.9 Å². The molecule has 4 aromatic heterocycles. The Morgan fingerprint density at radius 1 is 0.976 bits per heavy atom. The van der Waals surface area contributed by atoms with Gasteiger partial charge in [-0.05, 0) is 60.7 Å². The summed E-state index contributed by atoms with van der Waals surface area (Å²) in [6.45, 7) is 1.82. The fourth-order valence-electron chi connectivity index (χ4n) is 4.88. The quantitative estimate of drug-likeness (QED) is 0.325. The minimum absolute atomic E-state index is 0.0796. The average Bonchev–Trinajstić information content (AvgIpc) is 3.40. The molecular weight excluding hydrogens is 514 g/mol. The molecule has 3 N–H and O–H groups in total. The number of nitrogens with zero attached hydrogens (tertiary/aromatic N) is 5. The second-order valence-electron chi connectivity index (χ2n) is 9.59. The van der Waals surface area contributed by atoms with Crippen molar-refractivity contribution >= 4 is 33.4 Å². The topological polar surface area (TPSA) is 121 Å². The first-order valence-corrected chi connectivity index (χ1v) is 13.0. The SMILES string of the molecule is CC(NC(=O)c1c(N)ncc2cccnc12)c1cc2cccc(C#Cc3ccn(C)n3)c2c(=O)n1-c1ccccc1. The Bertz CT molecular complexity index is 2070. The third-order valence-corrected chi connectivity index (χ3v) is 6.82. The lowest BCUT2D eigenvalue weighted by atomic mass is 10.0. The molecule has 200 valence electrons. The number of carbonyl (C=O) groups excluding carboxylic acids is 1. The summed E-state index contributed by atoms with van der Waals surface area (Å²) >= 11 is 0. The van der Waals surface area contributed by atoms with Gasteiger partial charge in [-0.2, -0.15) is 5.10 Å². The summed E-state index contributed by atoms with van der Waals surface area (Å²) in [5.74, 6) is 5.82. The number of anilines is 1. The van der Waals surface area contributed by atoms with Crippen molar-refractivity contribution in [1.29, 1.82) is 0 Å². The molecule has 0 radical (unpaired) electrons. The summed E-state index contributed by atoms with van der Waals surface area (Å²) in [4.78, 5) is 36.3. The number of nitrogens with two attached hydrogens (primary N) is 1. The molecule has 0 spiro atoms. The van der Waals surface area contributed by atoms with Gasteiger partial charge in [0.2, 0.25) is 0 Å². The van der Waals surface area contributed by atoms with Gasteiger partial charge in [0.1, 0.15) is 17.1 Å². The van der Waals surface area contributed by atoms with Crippen molar-refractivity contribution in [2.75, 3.05) is 5.73 Å². The highest BCUT2D eigenvalue weighted by molar-refractivity contribution is 6.09. The number of pyridine rings is 3. The van der Waals surface area contributed by atoms with Gasteiger partial charge in [0, 0.05) is 48.0 Å².